The van der Waals surface area contributed by atoms with Gasteiger partial charge < -0.3 is 14.4 Å². The van der Waals surface area contributed by atoms with E-state index in [-0.39, 0.29) is 5.82 Å². The zero-order valence-electron chi connectivity index (χ0n) is 19.0. The van der Waals surface area contributed by atoms with Crippen LogP contribution in [0.4, 0.5) is 10.2 Å². The standard InChI is InChI=1S/C27H29FN4/c1-19-25(18-30(2)3)24-11-13-29-27(31-14-12-21-8-4-5-9-22(21)17-31)26(24)32(19)16-20-7-6-10-23(28)15-20/h4-11,13,15H,12,14,16-18H2,1-3H3. The van der Waals surface area contributed by atoms with E-state index in [1.807, 2.05) is 12.3 Å². The van der Waals surface area contributed by atoms with Gasteiger partial charge in [0.2, 0.25) is 0 Å². The van der Waals surface area contributed by atoms with Crippen LogP contribution >= 0.6 is 0 Å². The molecule has 0 unspecified atom stereocenters. The van der Waals surface area contributed by atoms with Gasteiger partial charge in [-0.1, -0.05) is 36.4 Å². The summed E-state index contributed by atoms with van der Waals surface area (Å²) in [6, 6.07) is 17.7. The molecule has 0 atom stereocenters. The maximum absolute atomic E-state index is 13.9. The van der Waals surface area contributed by atoms with Crippen LogP contribution in [0.15, 0.2) is 60.8 Å². The summed E-state index contributed by atoms with van der Waals surface area (Å²) in [5.74, 6) is 0.817. The van der Waals surface area contributed by atoms with Crippen molar-refractivity contribution in [1.82, 2.24) is 14.5 Å². The van der Waals surface area contributed by atoms with E-state index in [0.29, 0.717) is 6.54 Å². The molecule has 0 amide bonds. The molecule has 0 saturated heterocycles. The second-order valence-electron chi connectivity index (χ2n) is 8.99. The highest BCUT2D eigenvalue weighted by molar-refractivity contribution is 5.94. The summed E-state index contributed by atoms with van der Waals surface area (Å²) in [5, 5.41) is 1.23. The van der Waals surface area contributed by atoms with Crippen LogP contribution in [0.2, 0.25) is 0 Å². The van der Waals surface area contributed by atoms with Gasteiger partial charge in [0.25, 0.3) is 0 Å². The molecule has 4 nitrogen and oxygen atoms in total. The van der Waals surface area contributed by atoms with Gasteiger partial charge in [-0.25, -0.2) is 9.37 Å². The third-order valence-corrected chi connectivity index (χ3v) is 6.48. The molecule has 2 aromatic carbocycles. The lowest BCUT2D eigenvalue weighted by Crippen LogP contribution is -2.31. The molecule has 0 aliphatic carbocycles. The van der Waals surface area contributed by atoms with Crippen LogP contribution < -0.4 is 4.90 Å². The predicted molar refractivity (Wildman–Crippen MR) is 129 cm³/mol. The van der Waals surface area contributed by atoms with Crippen LogP contribution in [-0.4, -0.2) is 35.1 Å². The molecule has 0 saturated carbocycles. The Kier molecular flexibility index (Phi) is 5.43. The van der Waals surface area contributed by atoms with Gasteiger partial charge in [-0.05, 0) is 67.9 Å². The van der Waals surface area contributed by atoms with E-state index in [4.69, 9.17) is 4.98 Å². The van der Waals surface area contributed by atoms with E-state index < -0.39 is 0 Å². The molecule has 0 bridgehead atoms. The second kappa shape index (κ2) is 8.40. The molecule has 0 spiro atoms. The van der Waals surface area contributed by atoms with Gasteiger partial charge >= 0.3 is 0 Å². The Hall–Kier alpha value is -3.18. The van der Waals surface area contributed by atoms with Gasteiger partial charge in [0.05, 0.1) is 5.52 Å². The summed E-state index contributed by atoms with van der Waals surface area (Å²) in [6.07, 6.45) is 2.95. The zero-order valence-corrected chi connectivity index (χ0v) is 19.0. The summed E-state index contributed by atoms with van der Waals surface area (Å²) >= 11 is 0. The first-order valence-corrected chi connectivity index (χ1v) is 11.2. The third kappa shape index (κ3) is 3.78. The maximum atomic E-state index is 13.9. The molecule has 3 heterocycles. The minimum absolute atomic E-state index is 0.198. The fourth-order valence-electron chi connectivity index (χ4n) is 4.92. The quantitative estimate of drug-likeness (QED) is 0.439. The number of benzene rings is 2. The van der Waals surface area contributed by atoms with Gasteiger partial charge in [0.15, 0.2) is 5.82 Å². The number of aromatic nitrogens is 2. The fourth-order valence-corrected chi connectivity index (χ4v) is 4.92. The van der Waals surface area contributed by atoms with Crippen LogP contribution in [0, 0.1) is 12.7 Å². The molecule has 0 N–H and O–H groups in total. The van der Waals surface area contributed by atoms with E-state index in [2.05, 4.69) is 65.7 Å². The molecular formula is C27H29FN4. The molecule has 164 valence electrons. The minimum atomic E-state index is -0.198. The normalized spacial score (nSPS) is 13.7. The van der Waals surface area contributed by atoms with Crippen molar-refractivity contribution in [1.29, 1.82) is 0 Å². The van der Waals surface area contributed by atoms with E-state index in [0.717, 1.165) is 43.0 Å². The van der Waals surface area contributed by atoms with Crippen molar-refractivity contribution in [3.8, 4) is 0 Å². The van der Waals surface area contributed by atoms with Gasteiger partial charge in [-0.3, -0.25) is 0 Å². The summed E-state index contributed by atoms with van der Waals surface area (Å²) < 4.78 is 16.3. The van der Waals surface area contributed by atoms with Crippen LogP contribution in [0.3, 0.4) is 0 Å². The Morgan fingerprint density at radius 3 is 2.62 bits per heavy atom. The zero-order chi connectivity index (χ0) is 22.2. The van der Waals surface area contributed by atoms with Crippen LogP contribution in [0.1, 0.15) is 27.9 Å². The van der Waals surface area contributed by atoms with E-state index in [1.165, 1.54) is 33.8 Å². The molecule has 5 rings (SSSR count). The lowest BCUT2D eigenvalue weighted by Gasteiger charge is -2.30. The molecule has 1 aliphatic heterocycles. The highest BCUT2D eigenvalue weighted by atomic mass is 19.1. The Bertz CT molecular complexity index is 1270. The van der Waals surface area contributed by atoms with Gasteiger partial charge in [-0.15, -0.1) is 0 Å². The second-order valence-corrected chi connectivity index (χ2v) is 8.99. The first-order valence-electron chi connectivity index (χ1n) is 11.2. The number of pyridine rings is 1. The lowest BCUT2D eigenvalue weighted by atomic mass is 10.00. The average Bonchev–Trinajstić information content (AvgIpc) is 3.04. The predicted octanol–water partition coefficient (Wildman–Crippen LogP) is 5.16. The number of hydrogen-bond acceptors (Lipinski definition) is 3. The number of fused-ring (bicyclic) bond motifs is 2. The van der Waals surface area contributed by atoms with Crippen LogP contribution in [0.5, 0.6) is 0 Å². The SMILES string of the molecule is Cc1c(CN(C)C)c2ccnc(N3CCc4ccccc4C3)c2n1Cc1cccc(F)c1. The van der Waals surface area contributed by atoms with Crippen molar-refractivity contribution < 1.29 is 4.39 Å². The summed E-state index contributed by atoms with van der Waals surface area (Å²) in [7, 11) is 4.19. The average molecular weight is 429 g/mol. The van der Waals surface area contributed by atoms with Crippen molar-refractivity contribution in [3.05, 3.63) is 94.6 Å². The Morgan fingerprint density at radius 2 is 1.84 bits per heavy atom. The minimum Gasteiger partial charge on any atom is -0.350 e. The topological polar surface area (TPSA) is 24.3 Å². The maximum Gasteiger partial charge on any atom is 0.153 e. The van der Waals surface area contributed by atoms with Gasteiger partial charge in [0.1, 0.15) is 5.82 Å². The number of hydrogen-bond donors (Lipinski definition) is 0. The molecule has 0 radical (unpaired) electrons. The summed E-state index contributed by atoms with van der Waals surface area (Å²) in [4.78, 5) is 9.47. The number of anilines is 1. The Balaban J connectivity index is 1.65. The monoisotopic (exact) mass is 428 g/mol. The molecular weight excluding hydrogens is 399 g/mol. The summed E-state index contributed by atoms with van der Waals surface area (Å²) in [5.41, 5.74) is 7.42. The van der Waals surface area contributed by atoms with Crippen LogP contribution in [0.25, 0.3) is 10.9 Å². The smallest absolute Gasteiger partial charge is 0.153 e. The highest BCUT2D eigenvalue weighted by Crippen LogP contribution is 2.35. The number of halogens is 1. The largest absolute Gasteiger partial charge is 0.350 e. The van der Waals surface area contributed by atoms with Crippen molar-refractivity contribution in [2.24, 2.45) is 0 Å². The Labute approximate surface area is 188 Å². The highest BCUT2D eigenvalue weighted by Gasteiger charge is 2.24. The molecule has 32 heavy (non-hydrogen) atoms. The van der Waals surface area contributed by atoms with Crippen molar-refractivity contribution in [2.75, 3.05) is 25.5 Å². The molecule has 5 heteroatoms. The third-order valence-electron chi connectivity index (χ3n) is 6.48. The van der Waals surface area contributed by atoms with Crippen molar-refractivity contribution >= 4 is 16.7 Å². The van der Waals surface area contributed by atoms with E-state index >= 15 is 0 Å². The molecule has 2 aromatic heterocycles. The number of rotatable bonds is 5. The number of nitrogens with zero attached hydrogens (tertiary/aromatic N) is 4. The first kappa shape index (κ1) is 20.7. The van der Waals surface area contributed by atoms with Crippen LogP contribution in [-0.2, 0) is 26.1 Å². The molecule has 0 fully saturated rings. The van der Waals surface area contributed by atoms with Gasteiger partial charge in [0, 0.05) is 43.5 Å². The Morgan fingerprint density at radius 1 is 1.03 bits per heavy atom. The van der Waals surface area contributed by atoms with Gasteiger partial charge in [-0.2, -0.15) is 0 Å². The lowest BCUT2D eigenvalue weighted by molar-refractivity contribution is 0.402. The fraction of sp³-hybridized carbons (Fsp3) is 0.296. The molecule has 1 aliphatic rings. The van der Waals surface area contributed by atoms with Crippen molar-refractivity contribution in [3.63, 3.8) is 0 Å². The van der Waals surface area contributed by atoms with E-state index in [1.54, 1.807) is 12.1 Å². The molecule has 4 aromatic rings. The van der Waals surface area contributed by atoms with E-state index in [9.17, 15) is 4.39 Å². The summed E-state index contributed by atoms with van der Waals surface area (Å²) in [6.45, 7) is 5.45. The van der Waals surface area contributed by atoms with Crippen molar-refractivity contribution in [2.45, 2.75) is 33.0 Å². The first-order chi connectivity index (χ1) is 15.5.